The highest BCUT2D eigenvalue weighted by Gasteiger charge is 2.15. The molecule has 1 heterocycles. The molecule has 0 bridgehead atoms. The van der Waals surface area contributed by atoms with Crippen LogP contribution in [-0.4, -0.2) is 51.4 Å². The topological polar surface area (TPSA) is 72.0 Å². The van der Waals surface area contributed by atoms with Crippen LogP contribution >= 0.6 is 0 Å². The molecule has 19 heavy (non-hydrogen) atoms. The molecule has 1 rings (SSSR count). The van der Waals surface area contributed by atoms with E-state index in [0.29, 0.717) is 19.6 Å². The predicted molar refractivity (Wildman–Crippen MR) is 74.2 cm³/mol. The number of hydrogen-bond acceptors (Lipinski definition) is 4. The van der Waals surface area contributed by atoms with E-state index in [1.807, 2.05) is 6.92 Å². The SMILES string of the molecule is CCOC(=O)CCCNC(=NC)NCC1CCCO1. The highest BCUT2D eigenvalue weighted by molar-refractivity contribution is 5.79. The van der Waals surface area contributed by atoms with Gasteiger partial charge >= 0.3 is 5.97 Å². The Morgan fingerprint density at radius 2 is 2.32 bits per heavy atom. The number of rotatable bonds is 7. The molecule has 0 spiro atoms. The van der Waals surface area contributed by atoms with E-state index < -0.39 is 0 Å². The third-order valence-corrected chi connectivity index (χ3v) is 2.90. The molecule has 110 valence electrons. The Morgan fingerprint density at radius 3 is 2.95 bits per heavy atom. The van der Waals surface area contributed by atoms with Gasteiger partial charge in [0, 0.05) is 33.2 Å². The fraction of sp³-hybridized carbons (Fsp3) is 0.846. The first kappa shape index (κ1) is 15.8. The van der Waals surface area contributed by atoms with Gasteiger partial charge in [0.15, 0.2) is 5.96 Å². The number of carbonyl (C=O) groups excluding carboxylic acids is 1. The van der Waals surface area contributed by atoms with Gasteiger partial charge in [-0.3, -0.25) is 9.79 Å². The number of guanidine groups is 1. The van der Waals surface area contributed by atoms with Crippen molar-refractivity contribution in [1.82, 2.24) is 10.6 Å². The van der Waals surface area contributed by atoms with E-state index in [1.54, 1.807) is 7.05 Å². The summed E-state index contributed by atoms with van der Waals surface area (Å²) in [4.78, 5) is 15.3. The molecular weight excluding hydrogens is 246 g/mol. The Bertz CT molecular complexity index is 289. The van der Waals surface area contributed by atoms with Crippen LogP contribution in [0, 0.1) is 0 Å². The number of esters is 1. The number of carbonyl (C=O) groups is 1. The minimum atomic E-state index is -0.147. The maximum absolute atomic E-state index is 11.1. The molecule has 0 aromatic heterocycles. The summed E-state index contributed by atoms with van der Waals surface area (Å²) < 4.78 is 10.4. The second kappa shape index (κ2) is 9.61. The Balaban J connectivity index is 2.06. The van der Waals surface area contributed by atoms with Crippen LogP contribution in [0.2, 0.25) is 0 Å². The van der Waals surface area contributed by atoms with Crippen LogP contribution in [0.25, 0.3) is 0 Å². The smallest absolute Gasteiger partial charge is 0.305 e. The molecule has 0 saturated carbocycles. The third-order valence-electron chi connectivity index (χ3n) is 2.90. The van der Waals surface area contributed by atoms with Gasteiger partial charge in [0.25, 0.3) is 0 Å². The van der Waals surface area contributed by atoms with Gasteiger partial charge in [0.1, 0.15) is 0 Å². The lowest BCUT2D eigenvalue weighted by Crippen LogP contribution is -2.41. The van der Waals surface area contributed by atoms with Crippen LogP contribution in [0.15, 0.2) is 4.99 Å². The first-order valence-electron chi connectivity index (χ1n) is 6.98. The molecule has 0 aliphatic carbocycles. The highest BCUT2D eigenvalue weighted by Crippen LogP contribution is 2.10. The van der Waals surface area contributed by atoms with E-state index in [0.717, 1.165) is 38.4 Å². The molecule has 1 unspecified atom stereocenters. The molecule has 0 aromatic rings. The van der Waals surface area contributed by atoms with Crippen molar-refractivity contribution in [2.45, 2.75) is 38.7 Å². The fourth-order valence-corrected chi connectivity index (χ4v) is 1.91. The average molecular weight is 271 g/mol. The number of hydrogen-bond donors (Lipinski definition) is 2. The Morgan fingerprint density at radius 1 is 1.47 bits per heavy atom. The maximum Gasteiger partial charge on any atom is 0.305 e. The van der Waals surface area contributed by atoms with Gasteiger partial charge in [-0.1, -0.05) is 0 Å². The summed E-state index contributed by atoms with van der Waals surface area (Å²) in [6, 6.07) is 0. The number of nitrogens with one attached hydrogen (secondary N) is 2. The molecule has 0 amide bonds. The quantitative estimate of drug-likeness (QED) is 0.308. The lowest BCUT2D eigenvalue weighted by atomic mass is 10.2. The van der Waals surface area contributed by atoms with Crippen molar-refractivity contribution in [3.63, 3.8) is 0 Å². The van der Waals surface area contributed by atoms with Gasteiger partial charge < -0.3 is 20.1 Å². The van der Waals surface area contributed by atoms with Gasteiger partial charge in [-0.2, -0.15) is 0 Å². The molecule has 2 N–H and O–H groups in total. The number of ether oxygens (including phenoxy) is 2. The molecule has 0 radical (unpaired) electrons. The summed E-state index contributed by atoms with van der Waals surface area (Å²) in [5.41, 5.74) is 0. The molecule has 6 heteroatoms. The van der Waals surface area contributed by atoms with Gasteiger partial charge in [-0.15, -0.1) is 0 Å². The standard InChI is InChI=1S/C13H25N3O3/c1-3-18-12(17)7-4-8-15-13(14-2)16-10-11-6-5-9-19-11/h11H,3-10H2,1-2H3,(H2,14,15,16). The van der Waals surface area contributed by atoms with Crippen LogP contribution in [0.1, 0.15) is 32.6 Å². The highest BCUT2D eigenvalue weighted by atomic mass is 16.5. The van der Waals surface area contributed by atoms with Crippen molar-refractivity contribution in [3.8, 4) is 0 Å². The second-order valence-corrected chi connectivity index (χ2v) is 4.42. The lowest BCUT2D eigenvalue weighted by molar-refractivity contribution is -0.143. The van der Waals surface area contributed by atoms with Gasteiger partial charge in [-0.05, 0) is 26.2 Å². The van der Waals surface area contributed by atoms with Crippen LogP contribution in [0.5, 0.6) is 0 Å². The zero-order valence-corrected chi connectivity index (χ0v) is 11.9. The molecule has 1 saturated heterocycles. The molecule has 1 aliphatic rings. The first-order chi connectivity index (χ1) is 9.26. The van der Waals surface area contributed by atoms with Crippen molar-refractivity contribution in [3.05, 3.63) is 0 Å². The Kier molecular flexibility index (Phi) is 7.97. The van der Waals surface area contributed by atoms with Crippen molar-refractivity contribution < 1.29 is 14.3 Å². The van der Waals surface area contributed by atoms with E-state index in [9.17, 15) is 4.79 Å². The van der Waals surface area contributed by atoms with E-state index in [-0.39, 0.29) is 12.1 Å². The molecule has 1 aliphatic heterocycles. The monoisotopic (exact) mass is 271 g/mol. The van der Waals surface area contributed by atoms with Crippen molar-refractivity contribution in [2.24, 2.45) is 4.99 Å². The second-order valence-electron chi connectivity index (χ2n) is 4.42. The summed E-state index contributed by atoms with van der Waals surface area (Å²) in [5.74, 6) is 0.603. The normalized spacial score (nSPS) is 19.3. The minimum absolute atomic E-state index is 0.147. The summed E-state index contributed by atoms with van der Waals surface area (Å²) in [5, 5.41) is 6.39. The maximum atomic E-state index is 11.1. The Labute approximate surface area is 114 Å². The zero-order chi connectivity index (χ0) is 13.9. The van der Waals surface area contributed by atoms with E-state index in [2.05, 4.69) is 15.6 Å². The van der Waals surface area contributed by atoms with Gasteiger partial charge in [0.2, 0.25) is 0 Å². The van der Waals surface area contributed by atoms with E-state index in [4.69, 9.17) is 9.47 Å². The van der Waals surface area contributed by atoms with Crippen molar-refractivity contribution in [2.75, 3.05) is 33.4 Å². The summed E-state index contributed by atoms with van der Waals surface area (Å²) in [6.45, 7) is 4.59. The zero-order valence-electron chi connectivity index (χ0n) is 11.9. The Hall–Kier alpha value is -1.30. The van der Waals surface area contributed by atoms with E-state index >= 15 is 0 Å². The summed E-state index contributed by atoms with van der Waals surface area (Å²) in [6.07, 6.45) is 3.70. The third kappa shape index (κ3) is 7.00. The van der Waals surface area contributed by atoms with Crippen LogP contribution in [-0.2, 0) is 14.3 Å². The molecule has 1 fully saturated rings. The summed E-state index contributed by atoms with van der Waals surface area (Å²) in [7, 11) is 1.73. The van der Waals surface area contributed by atoms with Gasteiger partial charge in [-0.25, -0.2) is 0 Å². The molecular formula is C13H25N3O3. The minimum Gasteiger partial charge on any atom is -0.466 e. The lowest BCUT2D eigenvalue weighted by Gasteiger charge is -2.14. The first-order valence-corrected chi connectivity index (χ1v) is 6.98. The van der Waals surface area contributed by atoms with E-state index in [1.165, 1.54) is 0 Å². The number of nitrogens with zero attached hydrogens (tertiary/aromatic N) is 1. The molecule has 0 aromatic carbocycles. The van der Waals surface area contributed by atoms with Gasteiger partial charge in [0.05, 0.1) is 12.7 Å². The summed E-state index contributed by atoms with van der Waals surface area (Å²) >= 11 is 0. The van der Waals surface area contributed by atoms with Crippen LogP contribution < -0.4 is 10.6 Å². The number of aliphatic imine (C=N–C) groups is 1. The molecule has 1 atom stereocenters. The van der Waals surface area contributed by atoms with Crippen LogP contribution in [0.4, 0.5) is 0 Å². The largest absolute Gasteiger partial charge is 0.466 e. The fourth-order valence-electron chi connectivity index (χ4n) is 1.91. The van der Waals surface area contributed by atoms with Crippen molar-refractivity contribution >= 4 is 11.9 Å². The predicted octanol–water partition coefficient (Wildman–Crippen LogP) is 0.674. The van der Waals surface area contributed by atoms with Crippen LogP contribution in [0.3, 0.4) is 0 Å². The van der Waals surface area contributed by atoms with Crippen molar-refractivity contribution in [1.29, 1.82) is 0 Å². The average Bonchev–Trinajstić information content (AvgIpc) is 2.91. The molecule has 6 nitrogen and oxygen atoms in total.